The molecule has 8 nitrogen and oxygen atoms in total. The highest BCUT2D eigenvalue weighted by Gasteiger charge is 2.35. The molecule has 2 heterocycles. The quantitative estimate of drug-likeness (QED) is 0.454. The molecule has 0 spiro atoms. The number of para-hydroxylation sites is 1. The number of hydrogen-bond acceptors (Lipinski definition) is 8. The minimum absolute atomic E-state index is 0.0806. The molecule has 0 saturated carbocycles. The van der Waals surface area contributed by atoms with Gasteiger partial charge in [0, 0.05) is 18.7 Å². The molecule has 0 aliphatic carbocycles. The monoisotopic (exact) mass is 392 g/mol. The normalized spacial score (nSPS) is 16.6. The van der Waals surface area contributed by atoms with E-state index in [1.165, 1.54) is 30.2 Å². The summed E-state index contributed by atoms with van der Waals surface area (Å²) in [5.41, 5.74) is 0.783. The summed E-state index contributed by atoms with van der Waals surface area (Å²) in [5, 5.41) is 10.8. The number of hydrogen-bond donors (Lipinski definition) is 1. The van der Waals surface area contributed by atoms with Crippen LogP contribution in [0.3, 0.4) is 0 Å². The summed E-state index contributed by atoms with van der Waals surface area (Å²) in [6.45, 7) is 0.331. The van der Waals surface area contributed by atoms with Gasteiger partial charge in [-0.1, -0.05) is 41.3 Å². The standard InChI is InChI=1S/C16H16N4O4S2/c1-24-13(22)9-25-16-19-18-15(26-16)17-14(23)10-7-12(21)20(8-10)11-5-3-2-4-6-11/h2-6,10H,7-9H2,1H3,(H,17,18,23)/t10-/m1/s1. The fourth-order valence-electron chi connectivity index (χ4n) is 2.45. The average molecular weight is 392 g/mol. The zero-order valence-corrected chi connectivity index (χ0v) is 15.5. The SMILES string of the molecule is COC(=O)CSc1nnc(NC(=O)[C@@H]2CC(=O)N(c3ccccc3)C2)s1. The van der Waals surface area contributed by atoms with Gasteiger partial charge < -0.3 is 15.0 Å². The largest absolute Gasteiger partial charge is 0.468 e. The van der Waals surface area contributed by atoms with Gasteiger partial charge in [0.25, 0.3) is 0 Å². The molecule has 3 rings (SSSR count). The summed E-state index contributed by atoms with van der Waals surface area (Å²) in [4.78, 5) is 37.4. The van der Waals surface area contributed by atoms with Crippen LogP contribution in [0.2, 0.25) is 0 Å². The molecule has 1 aromatic heterocycles. The predicted octanol–water partition coefficient (Wildman–Crippen LogP) is 1.79. The van der Waals surface area contributed by atoms with E-state index in [4.69, 9.17) is 0 Å². The lowest BCUT2D eigenvalue weighted by molar-refractivity contribution is -0.137. The van der Waals surface area contributed by atoms with Crippen molar-refractivity contribution in [1.29, 1.82) is 0 Å². The number of anilines is 2. The van der Waals surface area contributed by atoms with Crippen LogP contribution in [0.4, 0.5) is 10.8 Å². The lowest BCUT2D eigenvalue weighted by Gasteiger charge is -2.16. The molecule has 1 fully saturated rings. The van der Waals surface area contributed by atoms with Gasteiger partial charge in [-0.25, -0.2) is 0 Å². The first-order valence-corrected chi connectivity index (χ1v) is 9.56. The predicted molar refractivity (Wildman–Crippen MR) is 98.2 cm³/mol. The van der Waals surface area contributed by atoms with Crippen molar-refractivity contribution >= 4 is 51.7 Å². The third kappa shape index (κ3) is 4.38. The highest BCUT2D eigenvalue weighted by molar-refractivity contribution is 8.01. The molecule has 1 saturated heterocycles. The number of thioether (sulfide) groups is 1. The van der Waals surface area contributed by atoms with Gasteiger partial charge in [0.15, 0.2) is 4.34 Å². The Kier molecular flexibility index (Phi) is 5.84. The molecule has 0 bridgehead atoms. The number of nitrogens with one attached hydrogen (secondary N) is 1. The van der Waals surface area contributed by atoms with E-state index >= 15 is 0 Å². The highest BCUT2D eigenvalue weighted by atomic mass is 32.2. The summed E-state index contributed by atoms with van der Waals surface area (Å²) >= 11 is 2.36. The first kappa shape index (κ1) is 18.3. The zero-order chi connectivity index (χ0) is 18.5. The van der Waals surface area contributed by atoms with Gasteiger partial charge in [-0.3, -0.25) is 14.4 Å². The Balaban J connectivity index is 1.56. The van der Waals surface area contributed by atoms with Gasteiger partial charge >= 0.3 is 5.97 Å². The lowest BCUT2D eigenvalue weighted by atomic mass is 10.1. The van der Waals surface area contributed by atoms with Crippen molar-refractivity contribution in [2.45, 2.75) is 10.8 Å². The molecule has 1 aromatic carbocycles. The average Bonchev–Trinajstić information content (AvgIpc) is 3.26. The van der Waals surface area contributed by atoms with Gasteiger partial charge in [-0.05, 0) is 12.1 Å². The maximum atomic E-state index is 12.4. The van der Waals surface area contributed by atoms with Crippen LogP contribution in [0, 0.1) is 5.92 Å². The highest BCUT2D eigenvalue weighted by Crippen LogP contribution is 2.28. The van der Waals surface area contributed by atoms with Crippen molar-refractivity contribution in [3.8, 4) is 0 Å². The van der Waals surface area contributed by atoms with Crippen LogP contribution in [0.15, 0.2) is 34.7 Å². The molecular weight excluding hydrogens is 376 g/mol. The van der Waals surface area contributed by atoms with E-state index in [1.807, 2.05) is 30.3 Å². The maximum absolute atomic E-state index is 12.4. The topological polar surface area (TPSA) is 101 Å². The number of carbonyl (C=O) groups excluding carboxylic acids is 3. The lowest BCUT2D eigenvalue weighted by Crippen LogP contribution is -2.28. The van der Waals surface area contributed by atoms with E-state index in [1.54, 1.807) is 4.90 Å². The van der Waals surface area contributed by atoms with Gasteiger partial charge in [0.2, 0.25) is 16.9 Å². The number of rotatable bonds is 6. The molecule has 0 radical (unpaired) electrons. The van der Waals surface area contributed by atoms with Gasteiger partial charge in [-0.2, -0.15) is 0 Å². The zero-order valence-electron chi connectivity index (χ0n) is 13.9. The van der Waals surface area contributed by atoms with Crippen LogP contribution in [-0.4, -0.2) is 47.4 Å². The van der Waals surface area contributed by atoms with Crippen molar-refractivity contribution in [3.63, 3.8) is 0 Å². The second-order valence-corrected chi connectivity index (χ2v) is 7.67. The fourth-order valence-corrected chi connectivity index (χ4v) is 4.03. The van der Waals surface area contributed by atoms with Crippen LogP contribution in [-0.2, 0) is 19.1 Å². The first-order valence-electron chi connectivity index (χ1n) is 7.76. The summed E-state index contributed by atoms with van der Waals surface area (Å²) in [6, 6.07) is 9.26. The van der Waals surface area contributed by atoms with Crippen LogP contribution in [0.5, 0.6) is 0 Å². The van der Waals surface area contributed by atoms with Crippen molar-refractivity contribution < 1.29 is 19.1 Å². The van der Waals surface area contributed by atoms with Crippen molar-refractivity contribution in [1.82, 2.24) is 10.2 Å². The summed E-state index contributed by atoms with van der Waals surface area (Å²) in [6.07, 6.45) is 0.156. The molecule has 1 aliphatic rings. The summed E-state index contributed by atoms with van der Waals surface area (Å²) in [7, 11) is 1.32. The molecular formula is C16H16N4O4S2. The molecule has 136 valence electrons. The van der Waals surface area contributed by atoms with E-state index in [0.29, 0.717) is 16.0 Å². The van der Waals surface area contributed by atoms with Crippen LogP contribution < -0.4 is 10.2 Å². The Bertz CT molecular complexity index is 812. The maximum Gasteiger partial charge on any atom is 0.316 e. The number of esters is 1. The molecule has 0 unspecified atom stereocenters. The fraction of sp³-hybridized carbons (Fsp3) is 0.312. The number of carbonyl (C=O) groups is 3. The molecule has 1 N–H and O–H groups in total. The van der Waals surface area contributed by atoms with Gasteiger partial charge in [0.1, 0.15) is 0 Å². The number of ether oxygens (including phenoxy) is 1. The Labute approximate surface area is 157 Å². The molecule has 1 aliphatic heterocycles. The Hall–Kier alpha value is -2.46. The number of amides is 2. The number of methoxy groups -OCH3 is 1. The van der Waals surface area contributed by atoms with E-state index in [9.17, 15) is 14.4 Å². The van der Waals surface area contributed by atoms with Crippen LogP contribution in [0.1, 0.15) is 6.42 Å². The molecule has 2 aromatic rings. The Morgan fingerprint density at radius 2 is 2.12 bits per heavy atom. The smallest absolute Gasteiger partial charge is 0.316 e. The number of nitrogens with zero attached hydrogens (tertiary/aromatic N) is 3. The second kappa shape index (κ2) is 8.28. The third-order valence-electron chi connectivity index (χ3n) is 3.74. The molecule has 26 heavy (non-hydrogen) atoms. The van der Waals surface area contributed by atoms with Crippen molar-refractivity contribution in [2.75, 3.05) is 29.6 Å². The first-order chi connectivity index (χ1) is 12.6. The van der Waals surface area contributed by atoms with Crippen LogP contribution >= 0.6 is 23.1 Å². The van der Waals surface area contributed by atoms with E-state index < -0.39 is 5.92 Å². The molecule has 10 heteroatoms. The van der Waals surface area contributed by atoms with E-state index in [2.05, 4.69) is 20.3 Å². The summed E-state index contributed by atoms with van der Waals surface area (Å²) in [5.74, 6) is -1.03. The van der Waals surface area contributed by atoms with E-state index in [-0.39, 0.29) is 30.0 Å². The molecule has 2 amide bonds. The third-order valence-corrected chi connectivity index (χ3v) is 5.69. The Morgan fingerprint density at radius 3 is 2.85 bits per heavy atom. The van der Waals surface area contributed by atoms with Crippen molar-refractivity contribution in [2.24, 2.45) is 5.92 Å². The minimum Gasteiger partial charge on any atom is -0.468 e. The molecule has 1 atom stereocenters. The van der Waals surface area contributed by atoms with Gasteiger partial charge in [0.05, 0.1) is 18.8 Å². The number of benzene rings is 1. The number of aromatic nitrogens is 2. The Morgan fingerprint density at radius 1 is 1.35 bits per heavy atom. The van der Waals surface area contributed by atoms with E-state index in [0.717, 1.165) is 5.69 Å². The van der Waals surface area contributed by atoms with Gasteiger partial charge in [-0.15, -0.1) is 10.2 Å². The summed E-state index contributed by atoms with van der Waals surface area (Å²) < 4.78 is 5.11. The van der Waals surface area contributed by atoms with Crippen molar-refractivity contribution in [3.05, 3.63) is 30.3 Å². The second-order valence-electron chi connectivity index (χ2n) is 5.47. The minimum atomic E-state index is -0.447. The van der Waals surface area contributed by atoms with Crippen LogP contribution in [0.25, 0.3) is 0 Å².